The predicted octanol–water partition coefficient (Wildman–Crippen LogP) is 3.69. The Hall–Kier alpha value is -0.990. The first kappa shape index (κ1) is 16.1. The van der Waals surface area contributed by atoms with Gasteiger partial charge in [0.15, 0.2) is 0 Å². The van der Waals surface area contributed by atoms with Crippen molar-refractivity contribution < 1.29 is 4.79 Å². The molecule has 0 saturated heterocycles. The average Bonchev–Trinajstić information content (AvgIpc) is 2.40. The van der Waals surface area contributed by atoms with E-state index in [1.807, 2.05) is 37.3 Å². The van der Waals surface area contributed by atoms with Gasteiger partial charge in [-0.3, -0.25) is 4.79 Å². The van der Waals surface area contributed by atoms with Gasteiger partial charge < -0.3 is 4.90 Å². The summed E-state index contributed by atoms with van der Waals surface area (Å²) in [6.45, 7) is 2.85. The Bertz CT molecular complexity index is 459. The molecule has 0 saturated carbocycles. The molecule has 0 aromatic heterocycles. The van der Waals surface area contributed by atoms with E-state index in [0.717, 1.165) is 21.5 Å². The van der Waals surface area contributed by atoms with E-state index >= 15 is 0 Å². The van der Waals surface area contributed by atoms with Gasteiger partial charge >= 0.3 is 0 Å². The summed E-state index contributed by atoms with van der Waals surface area (Å²) in [7, 11) is 0. The van der Waals surface area contributed by atoms with Crippen LogP contribution in [0, 0.1) is 11.3 Å². The predicted molar refractivity (Wildman–Crippen MR) is 82.0 cm³/mol. The molecule has 0 fully saturated rings. The molecule has 0 atom stereocenters. The quantitative estimate of drug-likeness (QED) is 0.561. The zero-order valence-electron chi connectivity index (χ0n) is 10.9. The Morgan fingerprint density at radius 1 is 1.47 bits per heavy atom. The number of amides is 1. The van der Waals surface area contributed by atoms with Crippen LogP contribution < -0.4 is 0 Å². The molecule has 0 radical (unpaired) electrons. The first-order chi connectivity index (χ1) is 9.19. The lowest BCUT2D eigenvalue weighted by atomic mass is 10.3. The van der Waals surface area contributed by atoms with Crippen LogP contribution in [0.15, 0.2) is 33.6 Å². The molecule has 0 aliphatic heterocycles. The fraction of sp³-hybridized carbons (Fsp3) is 0.429. The van der Waals surface area contributed by atoms with Crippen LogP contribution in [0.3, 0.4) is 0 Å². The minimum atomic E-state index is 0.0583. The van der Waals surface area contributed by atoms with E-state index < -0.39 is 0 Å². The van der Waals surface area contributed by atoms with Crippen LogP contribution in [0.25, 0.3) is 0 Å². The maximum atomic E-state index is 11.9. The molecular formula is C14H17BrN2OS. The van der Waals surface area contributed by atoms with Crippen LogP contribution in [0.1, 0.15) is 19.8 Å². The molecular weight excluding hydrogens is 324 g/mol. The van der Waals surface area contributed by atoms with Crippen LogP contribution in [-0.4, -0.2) is 29.6 Å². The van der Waals surface area contributed by atoms with Gasteiger partial charge in [-0.2, -0.15) is 5.26 Å². The number of halogens is 1. The molecule has 0 unspecified atom stereocenters. The summed E-state index contributed by atoms with van der Waals surface area (Å²) in [5.74, 6) is 0.788. The molecule has 19 heavy (non-hydrogen) atoms. The van der Waals surface area contributed by atoms with Crippen LogP contribution >= 0.6 is 27.7 Å². The van der Waals surface area contributed by atoms with E-state index in [-0.39, 0.29) is 12.5 Å². The highest BCUT2D eigenvalue weighted by molar-refractivity contribution is 9.10. The number of hydrogen-bond acceptors (Lipinski definition) is 3. The lowest BCUT2D eigenvalue weighted by Gasteiger charge is -2.18. The Morgan fingerprint density at radius 3 is 2.84 bits per heavy atom. The number of nitrogens with zero attached hydrogens (tertiary/aromatic N) is 2. The standard InChI is InChI=1S/C14H17BrN2OS/c1-2-9-17(10-8-16)14(18)7-11-19-13-6-4-3-5-12(13)15/h3-6H,2,7,9-11H2,1H3. The van der Waals surface area contributed by atoms with Gasteiger partial charge in [0.05, 0.1) is 6.07 Å². The molecule has 0 aliphatic carbocycles. The molecule has 1 aromatic carbocycles. The lowest BCUT2D eigenvalue weighted by Crippen LogP contribution is -2.32. The van der Waals surface area contributed by atoms with E-state index in [0.29, 0.717) is 13.0 Å². The van der Waals surface area contributed by atoms with E-state index in [1.165, 1.54) is 0 Å². The van der Waals surface area contributed by atoms with Crippen molar-refractivity contribution in [2.75, 3.05) is 18.8 Å². The topological polar surface area (TPSA) is 44.1 Å². The van der Waals surface area contributed by atoms with Crippen molar-refractivity contribution in [3.05, 3.63) is 28.7 Å². The largest absolute Gasteiger partial charge is 0.329 e. The maximum absolute atomic E-state index is 11.9. The molecule has 102 valence electrons. The second-order valence-electron chi connectivity index (χ2n) is 4.00. The zero-order chi connectivity index (χ0) is 14.1. The second kappa shape index (κ2) is 9.00. The Morgan fingerprint density at radius 2 is 2.21 bits per heavy atom. The maximum Gasteiger partial charge on any atom is 0.224 e. The van der Waals surface area contributed by atoms with Crippen LogP contribution in [0.5, 0.6) is 0 Å². The SMILES string of the molecule is CCCN(CC#N)C(=O)CCSc1ccccc1Br. The van der Waals surface area contributed by atoms with Crippen LogP contribution in [0.2, 0.25) is 0 Å². The minimum absolute atomic E-state index is 0.0583. The molecule has 0 spiro atoms. The molecule has 0 heterocycles. The first-order valence-corrected chi connectivity index (χ1v) is 7.99. The first-order valence-electron chi connectivity index (χ1n) is 6.21. The van der Waals surface area contributed by atoms with Gasteiger partial charge in [0.25, 0.3) is 0 Å². The van der Waals surface area contributed by atoms with Crippen LogP contribution in [0.4, 0.5) is 0 Å². The summed E-state index contributed by atoms with van der Waals surface area (Å²) in [6, 6.07) is 10.0. The number of nitriles is 1. The normalized spacial score (nSPS) is 9.95. The minimum Gasteiger partial charge on any atom is -0.329 e. The highest BCUT2D eigenvalue weighted by Gasteiger charge is 2.12. The van der Waals surface area contributed by atoms with Crippen molar-refractivity contribution in [3.63, 3.8) is 0 Å². The fourth-order valence-electron chi connectivity index (χ4n) is 1.62. The van der Waals surface area contributed by atoms with E-state index in [2.05, 4.69) is 15.9 Å². The smallest absolute Gasteiger partial charge is 0.224 e. The summed E-state index contributed by atoms with van der Waals surface area (Å²) >= 11 is 5.13. The Balaban J connectivity index is 2.42. The summed E-state index contributed by atoms with van der Waals surface area (Å²) < 4.78 is 1.05. The summed E-state index contributed by atoms with van der Waals surface area (Å²) in [4.78, 5) is 14.7. The molecule has 0 N–H and O–H groups in total. The van der Waals surface area contributed by atoms with Crippen molar-refractivity contribution >= 4 is 33.6 Å². The third-order valence-corrected chi connectivity index (χ3v) is 4.55. The third-order valence-electron chi connectivity index (χ3n) is 2.52. The van der Waals surface area contributed by atoms with Crippen molar-refractivity contribution in [1.29, 1.82) is 5.26 Å². The van der Waals surface area contributed by atoms with Crippen molar-refractivity contribution in [1.82, 2.24) is 4.90 Å². The summed E-state index contributed by atoms with van der Waals surface area (Å²) in [5, 5.41) is 8.70. The summed E-state index contributed by atoms with van der Waals surface area (Å²) in [6.07, 6.45) is 1.35. The van der Waals surface area contributed by atoms with Gasteiger partial charge in [-0.15, -0.1) is 11.8 Å². The van der Waals surface area contributed by atoms with Gasteiger partial charge in [-0.1, -0.05) is 19.1 Å². The summed E-state index contributed by atoms with van der Waals surface area (Å²) in [5.41, 5.74) is 0. The molecule has 5 heteroatoms. The van der Waals surface area contributed by atoms with E-state index in [1.54, 1.807) is 16.7 Å². The molecule has 3 nitrogen and oxygen atoms in total. The second-order valence-corrected chi connectivity index (χ2v) is 5.99. The zero-order valence-corrected chi connectivity index (χ0v) is 13.3. The lowest BCUT2D eigenvalue weighted by molar-refractivity contribution is -0.130. The monoisotopic (exact) mass is 340 g/mol. The van der Waals surface area contributed by atoms with Gasteiger partial charge in [0.2, 0.25) is 5.91 Å². The number of carbonyl (C=O) groups is 1. The van der Waals surface area contributed by atoms with Crippen molar-refractivity contribution in [3.8, 4) is 6.07 Å². The number of rotatable bonds is 7. The molecule has 0 aliphatic rings. The number of benzene rings is 1. The van der Waals surface area contributed by atoms with Crippen molar-refractivity contribution in [2.45, 2.75) is 24.7 Å². The average molecular weight is 341 g/mol. The fourth-order valence-corrected chi connectivity index (χ4v) is 3.12. The third kappa shape index (κ3) is 5.66. The van der Waals surface area contributed by atoms with Gasteiger partial charge in [-0.25, -0.2) is 0 Å². The molecule has 1 aromatic rings. The number of carbonyl (C=O) groups excluding carboxylic acids is 1. The Labute approximate surface area is 127 Å². The molecule has 1 rings (SSSR count). The van der Waals surface area contributed by atoms with Gasteiger partial charge in [0, 0.05) is 28.1 Å². The van der Waals surface area contributed by atoms with E-state index in [4.69, 9.17) is 5.26 Å². The highest BCUT2D eigenvalue weighted by atomic mass is 79.9. The Kier molecular flexibility index (Phi) is 7.61. The highest BCUT2D eigenvalue weighted by Crippen LogP contribution is 2.27. The van der Waals surface area contributed by atoms with Gasteiger partial charge in [0.1, 0.15) is 6.54 Å². The molecule has 0 bridgehead atoms. The number of hydrogen-bond donors (Lipinski definition) is 0. The molecule has 1 amide bonds. The van der Waals surface area contributed by atoms with Gasteiger partial charge in [-0.05, 0) is 34.5 Å². The van der Waals surface area contributed by atoms with Crippen LogP contribution in [-0.2, 0) is 4.79 Å². The number of thioether (sulfide) groups is 1. The van der Waals surface area contributed by atoms with E-state index in [9.17, 15) is 4.79 Å². The van der Waals surface area contributed by atoms with Crippen molar-refractivity contribution in [2.24, 2.45) is 0 Å².